The Kier molecular flexibility index (Phi) is 3.82. The smallest absolute Gasteiger partial charge is 0.312 e. The van der Waals surface area contributed by atoms with E-state index in [0.29, 0.717) is 0 Å². The monoisotopic (exact) mass is 210 g/mol. The summed E-state index contributed by atoms with van der Waals surface area (Å²) in [5.74, 6) is -2.38. The third-order valence-electron chi connectivity index (χ3n) is 2.38. The number of rotatable bonds is 4. The van der Waals surface area contributed by atoms with Crippen LogP contribution >= 0.6 is 0 Å². The van der Waals surface area contributed by atoms with Crippen molar-refractivity contribution in [1.29, 1.82) is 0 Å². The molecule has 1 atom stereocenters. The summed E-state index contributed by atoms with van der Waals surface area (Å²) in [5, 5.41) is 26.6. The summed E-state index contributed by atoms with van der Waals surface area (Å²) in [6.45, 7) is 1.86. The van der Waals surface area contributed by atoms with E-state index in [-0.39, 0.29) is 6.42 Å². The number of carboxylic acid groups (broad SMARTS) is 1. The van der Waals surface area contributed by atoms with Gasteiger partial charge in [0.2, 0.25) is 0 Å². The van der Waals surface area contributed by atoms with Gasteiger partial charge in [-0.1, -0.05) is 24.3 Å². The minimum absolute atomic E-state index is 0.125. The molecule has 0 saturated heterocycles. The molecule has 1 unspecified atom stereocenters. The molecule has 0 aliphatic heterocycles. The second-order valence-corrected chi connectivity index (χ2v) is 3.49. The molecular formula is C11H14O4. The Labute approximate surface area is 87.8 Å². The maximum absolute atomic E-state index is 10.7. The summed E-state index contributed by atoms with van der Waals surface area (Å²) in [5.41, 5.74) is 1.77. The molecule has 82 valence electrons. The SMILES string of the molecule is Cc1ccccc1CC(C(=O)O)C(O)O. The standard InChI is InChI=1S/C11H14O4/c1-7-4-2-3-5-8(7)6-9(10(12)13)11(14)15/h2-5,9-10,12-13H,6H2,1H3,(H,14,15). The van der Waals surface area contributed by atoms with Gasteiger partial charge in [-0.2, -0.15) is 0 Å². The van der Waals surface area contributed by atoms with E-state index in [0.717, 1.165) is 11.1 Å². The molecule has 1 aromatic carbocycles. The molecule has 0 radical (unpaired) electrons. The second-order valence-electron chi connectivity index (χ2n) is 3.49. The number of aliphatic hydroxyl groups excluding tert-OH is 1. The van der Waals surface area contributed by atoms with Crippen molar-refractivity contribution in [3.05, 3.63) is 35.4 Å². The number of aryl methyl sites for hydroxylation is 1. The average molecular weight is 210 g/mol. The molecule has 4 nitrogen and oxygen atoms in total. The lowest BCUT2D eigenvalue weighted by Crippen LogP contribution is -2.29. The van der Waals surface area contributed by atoms with Crippen LogP contribution in [0.4, 0.5) is 0 Å². The third-order valence-corrected chi connectivity index (χ3v) is 2.38. The van der Waals surface area contributed by atoms with Gasteiger partial charge in [-0.25, -0.2) is 0 Å². The fourth-order valence-electron chi connectivity index (χ4n) is 1.40. The first kappa shape index (κ1) is 11.7. The molecule has 0 fully saturated rings. The first-order valence-corrected chi connectivity index (χ1v) is 4.66. The Balaban J connectivity index is 2.84. The summed E-state index contributed by atoms with van der Waals surface area (Å²) in [4.78, 5) is 10.7. The van der Waals surface area contributed by atoms with Gasteiger partial charge >= 0.3 is 5.97 Å². The minimum atomic E-state index is -1.83. The largest absolute Gasteiger partial charge is 0.481 e. The highest BCUT2D eigenvalue weighted by Crippen LogP contribution is 2.15. The lowest BCUT2D eigenvalue weighted by molar-refractivity contribution is -0.158. The van der Waals surface area contributed by atoms with Crippen LogP contribution in [0.1, 0.15) is 11.1 Å². The van der Waals surface area contributed by atoms with Crippen molar-refractivity contribution in [3.63, 3.8) is 0 Å². The number of hydrogen-bond donors (Lipinski definition) is 3. The zero-order valence-corrected chi connectivity index (χ0v) is 8.42. The van der Waals surface area contributed by atoms with Gasteiger partial charge in [-0.3, -0.25) is 4.79 Å². The van der Waals surface area contributed by atoms with Crippen LogP contribution in [-0.4, -0.2) is 27.6 Å². The number of benzene rings is 1. The second kappa shape index (κ2) is 4.91. The zero-order chi connectivity index (χ0) is 11.4. The van der Waals surface area contributed by atoms with Crippen molar-refractivity contribution >= 4 is 5.97 Å². The van der Waals surface area contributed by atoms with E-state index >= 15 is 0 Å². The Morgan fingerprint density at radius 3 is 2.40 bits per heavy atom. The first-order chi connectivity index (χ1) is 7.02. The van der Waals surface area contributed by atoms with E-state index < -0.39 is 18.2 Å². The minimum Gasteiger partial charge on any atom is -0.481 e. The molecule has 1 rings (SSSR count). The maximum atomic E-state index is 10.7. The van der Waals surface area contributed by atoms with Crippen molar-refractivity contribution in [2.24, 2.45) is 5.92 Å². The first-order valence-electron chi connectivity index (χ1n) is 4.66. The van der Waals surface area contributed by atoms with Crippen molar-refractivity contribution in [2.75, 3.05) is 0 Å². The van der Waals surface area contributed by atoms with E-state index in [1.165, 1.54) is 0 Å². The van der Waals surface area contributed by atoms with Gasteiger partial charge in [0.25, 0.3) is 0 Å². The van der Waals surface area contributed by atoms with Crippen molar-refractivity contribution in [2.45, 2.75) is 19.6 Å². The van der Waals surface area contributed by atoms with E-state index in [2.05, 4.69) is 0 Å². The van der Waals surface area contributed by atoms with E-state index in [1.54, 1.807) is 12.1 Å². The third kappa shape index (κ3) is 3.04. The van der Waals surface area contributed by atoms with Crippen molar-refractivity contribution < 1.29 is 20.1 Å². The molecule has 0 aliphatic rings. The topological polar surface area (TPSA) is 77.8 Å². The van der Waals surface area contributed by atoms with Gasteiger partial charge in [-0.15, -0.1) is 0 Å². The number of carbonyl (C=O) groups is 1. The molecule has 3 N–H and O–H groups in total. The fraction of sp³-hybridized carbons (Fsp3) is 0.364. The van der Waals surface area contributed by atoms with Crippen LogP contribution < -0.4 is 0 Å². The highest BCUT2D eigenvalue weighted by Gasteiger charge is 2.25. The van der Waals surface area contributed by atoms with Gasteiger partial charge in [0, 0.05) is 0 Å². The lowest BCUT2D eigenvalue weighted by atomic mass is 9.96. The number of aliphatic carboxylic acids is 1. The summed E-state index contributed by atoms with van der Waals surface area (Å²) in [6, 6.07) is 7.29. The maximum Gasteiger partial charge on any atom is 0.312 e. The van der Waals surface area contributed by atoms with Crippen LogP contribution in [0.2, 0.25) is 0 Å². The molecule has 0 aliphatic carbocycles. The van der Waals surface area contributed by atoms with Gasteiger partial charge in [0.1, 0.15) is 5.92 Å². The average Bonchev–Trinajstić information content (AvgIpc) is 2.15. The van der Waals surface area contributed by atoms with E-state index in [1.807, 2.05) is 19.1 Å². The Bertz CT molecular complexity index is 346. The van der Waals surface area contributed by atoms with Crippen LogP contribution in [0, 0.1) is 12.8 Å². The summed E-state index contributed by atoms with van der Waals surface area (Å²) in [6.07, 6.45) is -1.71. The quantitative estimate of drug-likeness (QED) is 0.634. The lowest BCUT2D eigenvalue weighted by Gasteiger charge is -2.15. The summed E-state index contributed by atoms with van der Waals surface area (Å²) in [7, 11) is 0. The summed E-state index contributed by atoms with van der Waals surface area (Å²) < 4.78 is 0. The Morgan fingerprint density at radius 2 is 1.93 bits per heavy atom. The van der Waals surface area contributed by atoms with E-state index in [9.17, 15) is 4.79 Å². The molecule has 0 spiro atoms. The van der Waals surface area contributed by atoms with Crippen LogP contribution in [0.5, 0.6) is 0 Å². The van der Waals surface area contributed by atoms with Crippen molar-refractivity contribution in [3.8, 4) is 0 Å². The van der Waals surface area contributed by atoms with Crippen LogP contribution in [0.15, 0.2) is 24.3 Å². The molecule has 0 bridgehead atoms. The van der Waals surface area contributed by atoms with E-state index in [4.69, 9.17) is 15.3 Å². The molecule has 0 heterocycles. The molecule has 0 aromatic heterocycles. The summed E-state index contributed by atoms with van der Waals surface area (Å²) >= 11 is 0. The van der Waals surface area contributed by atoms with Crippen LogP contribution in [0.3, 0.4) is 0 Å². The molecule has 4 heteroatoms. The number of aliphatic hydroxyl groups is 2. The Hall–Kier alpha value is -1.39. The van der Waals surface area contributed by atoms with Gasteiger partial charge in [0.15, 0.2) is 6.29 Å². The number of carboxylic acids is 1. The number of hydrogen-bond acceptors (Lipinski definition) is 3. The Morgan fingerprint density at radius 1 is 1.33 bits per heavy atom. The molecule has 0 saturated carbocycles. The highest BCUT2D eigenvalue weighted by atomic mass is 16.5. The van der Waals surface area contributed by atoms with Crippen LogP contribution in [-0.2, 0) is 11.2 Å². The normalized spacial score (nSPS) is 12.8. The highest BCUT2D eigenvalue weighted by molar-refractivity contribution is 5.70. The van der Waals surface area contributed by atoms with Gasteiger partial charge in [-0.05, 0) is 24.5 Å². The van der Waals surface area contributed by atoms with Gasteiger partial charge in [0.05, 0.1) is 0 Å². The molecule has 0 amide bonds. The zero-order valence-electron chi connectivity index (χ0n) is 8.42. The predicted octanol–water partition coefficient (Wildman–Crippen LogP) is 0.549. The van der Waals surface area contributed by atoms with Crippen molar-refractivity contribution in [1.82, 2.24) is 0 Å². The van der Waals surface area contributed by atoms with Gasteiger partial charge < -0.3 is 15.3 Å². The molecular weight excluding hydrogens is 196 g/mol. The predicted molar refractivity (Wildman–Crippen MR) is 54.2 cm³/mol. The molecule has 1 aromatic rings. The van der Waals surface area contributed by atoms with Crippen LogP contribution in [0.25, 0.3) is 0 Å². The fourth-order valence-corrected chi connectivity index (χ4v) is 1.40. The molecule has 15 heavy (non-hydrogen) atoms.